The van der Waals surface area contributed by atoms with Gasteiger partial charge in [-0.05, 0) is 45.7 Å². The number of rotatable bonds is 4. The summed E-state index contributed by atoms with van der Waals surface area (Å²) in [7, 11) is 0. The van der Waals surface area contributed by atoms with Crippen LogP contribution in [0.3, 0.4) is 0 Å². The molecule has 32 heavy (non-hydrogen) atoms. The number of nitrogens with zero attached hydrogens (tertiary/aromatic N) is 4. The van der Waals surface area contributed by atoms with Gasteiger partial charge < -0.3 is 24.4 Å². The maximum atomic E-state index is 12.5. The zero-order chi connectivity index (χ0) is 22.7. The van der Waals surface area contributed by atoms with Crippen molar-refractivity contribution in [3.8, 4) is 11.9 Å². The van der Waals surface area contributed by atoms with Crippen LogP contribution in [0.2, 0.25) is 0 Å². The van der Waals surface area contributed by atoms with Crippen molar-refractivity contribution in [3.63, 3.8) is 0 Å². The normalized spacial score (nSPS) is 21.2. The Morgan fingerprint density at radius 2 is 2.19 bits per heavy atom. The van der Waals surface area contributed by atoms with Gasteiger partial charge in [0.25, 0.3) is 0 Å². The first-order valence-electron chi connectivity index (χ1n) is 11.0. The minimum absolute atomic E-state index is 0.0557. The van der Waals surface area contributed by atoms with E-state index in [1.807, 2.05) is 26.8 Å². The molecule has 9 heteroatoms. The van der Waals surface area contributed by atoms with Gasteiger partial charge in [0.2, 0.25) is 5.88 Å². The van der Waals surface area contributed by atoms with Crippen molar-refractivity contribution in [2.24, 2.45) is 0 Å². The van der Waals surface area contributed by atoms with Gasteiger partial charge in [0.05, 0.1) is 13.2 Å². The Balaban J connectivity index is 1.51. The predicted octanol–water partition coefficient (Wildman–Crippen LogP) is 3.48. The van der Waals surface area contributed by atoms with Crippen LogP contribution >= 0.6 is 0 Å². The third-order valence-corrected chi connectivity index (χ3v) is 5.39. The molecule has 0 bridgehead atoms. The van der Waals surface area contributed by atoms with E-state index in [9.17, 15) is 10.1 Å². The average molecular weight is 440 g/mol. The average Bonchev–Trinajstić information content (AvgIpc) is 3.26. The number of piperidine rings is 1. The number of ether oxygens (including phenoxy) is 3. The minimum atomic E-state index is -0.520. The zero-order valence-electron chi connectivity index (χ0n) is 18.8. The van der Waals surface area contributed by atoms with Crippen LogP contribution < -0.4 is 10.1 Å². The molecule has 0 radical (unpaired) electrons. The molecule has 0 saturated carbocycles. The Kier molecular flexibility index (Phi) is 6.33. The highest BCUT2D eigenvalue weighted by Crippen LogP contribution is 2.29. The first-order chi connectivity index (χ1) is 15.3. The molecular weight excluding hydrogens is 410 g/mol. The lowest BCUT2D eigenvalue weighted by Gasteiger charge is -2.34. The summed E-state index contributed by atoms with van der Waals surface area (Å²) in [5.41, 5.74) is -0.234. The molecule has 0 spiro atoms. The Morgan fingerprint density at radius 3 is 2.91 bits per heavy atom. The summed E-state index contributed by atoms with van der Waals surface area (Å²) in [6.45, 7) is 8.00. The molecule has 1 N–H and O–H groups in total. The highest BCUT2D eigenvalue weighted by Gasteiger charge is 2.28. The lowest BCUT2D eigenvalue weighted by atomic mass is 10.1. The van der Waals surface area contributed by atoms with E-state index >= 15 is 0 Å². The quantitative estimate of drug-likeness (QED) is 0.771. The molecule has 0 unspecified atom stereocenters. The van der Waals surface area contributed by atoms with Crippen LogP contribution in [0.25, 0.3) is 10.8 Å². The maximum Gasteiger partial charge on any atom is 0.410 e. The summed E-state index contributed by atoms with van der Waals surface area (Å²) in [5, 5.41) is 14.3. The number of fused-ring (bicyclic) bond motifs is 1. The number of hydrogen-bond donors (Lipinski definition) is 1. The van der Waals surface area contributed by atoms with Gasteiger partial charge in [-0.15, -0.1) is 0 Å². The zero-order valence-corrected chi connectivity index (χ0v) is 18.8. The molecule has 2 aliphatic rings. The third kappa shape index (κ3) is 5.37. The number of carbonyl (C=O) groups is 1. The molecule has 0 aromatic carbocycles. The molecule has 1 amide bonds. The van der Waals surface area contributed by atoms with Gasteiger partial charge in [0, 0.05) is 42.5 Å². The summed E-state index contributed by atoms with van der Waals surface area (Å²) in [4.78, 5) is 23.1. The van der Waals surface area contributed by atoms with Crippen molar-refractivity contribution >= 4 is 22.7 Å². The van der Waals surface area contributed by atoms with Crippen LogP contribution in [0.1, 0.15) is 45.7 Å². The largest absolute Gasteiger partial charge is 0.471 e. The topological polar surface area (TPSA) is 110 Å². The van der Waals surface area contributed by atoms with Gasteiger partial charge >= 0.3 is 6.09 Å². The Bertz CT molecular complexity index is 1020. The van der Waals surface area contributed by atoms with Crippen molar-refractivity contribution in [3.05, 3.63) is 24.0 Å². The summed E-state index contributed by atoms with van der Waals surface area (Å²) in [5.74, 6) is 1.09. The fourth-order valence-corrected chi connectivity index (χ4v) is 3.90. The first kappa shape index (κ1) is 22.1. The molecule has 2 fully saturated rings. The number of likely N-dealkylation sites (tertiary alicyclic amines) is 1. The van der Waals surface area contributed by atoms with Gasteiger partial charge in [0.15, 0.2) is 0 Å². The van der Waals surface area contributed by atoms with E-state index in [0.29, 0.717) is 38.0 Å². The molecule has 0 aliphatic carbocycles. The third-order valence-electron chi connectivity index (χ3n) is 5.39. The molecule has 2 aliphatic heterocycles. The first-order valence-corrected chi connectivity index (χ1v) is 11.0. The van der Waals surface area contributed by atoms with Crippen LogP contribution in [-0.2, 0) is 9.47 Å². The lowest BCUT2D eigenvalue weighted by molar-refractivity contribution is 0.0206. The Morgan fingerprint density at radius 1 is 1.34 bits per heavy atom. The fraction of sp³-hybridized carbons (Fsp3) is 0.565. The van der Waals surface area contributed by atoms with E-state index in [1.54, 1.807) is 17.2 Å². The predicted molar refractivity (Wildman–Crippen MR) is 119 cm³/mol. The van der Waals surface area contributed by atoms with Gasteiger partial charge in [-0.1, -0.05) is 0 Å². The Labute approximate surface area is 187 Å². The maximum absolute atomic E-state index is 12.5. The van der Waals surface area contributed by atoms with Crippen molar-refractivity contribution in [2.75, 3.05) is 31.6 Å². The molecular formula is C23H29N5O4. The lowest BCUT2D eigenvalue weighted by Crippen LogP contribution is -2.47. The molecule has 4 heterocycles. The molecule has 2 atom stereocenters. The van der Waals surface area contributed by atoms with Crippen molar-refractivity contribution in [1.29, 1.82) is 5.26 Å². The highest BCUT2D eigenvalue weighted by molar-refractivity contribution is 5.89. The van der Waals surface area contributed by atoms with Crippen LogP contribution in [0.4, 0.5) is 10.6 Å². The molecule has 2 saturated heterocycles. The minimum Gasteiger partial charge on any atom is -0.471 e. The van der Waals surface area contributed by atoms with E-state index in [0.717, 1.165) is 30.0 Å². The number of anilines is 1. The van der Waals surface area contributed by atoms with Crippen molar-refractivity contribution in [2.45, 2.75) is 57.8 Å². The highest BCUT2D eigenvalue weighted by atomic mass is 16.6. The van der Waals surface area contributed by atoms with Crippen LogP contribution in [0.5, 0.6) is 5.88 Å². The van der Waals surface area contributed by atoms with Crippen molar-refractivity contribution in [1.82, 2.24) is 14.9 Å². The summed E-state index contributed by atoms with van der Waals surface area (Å²) in [6.07, 6.45) is 3.94. The summed E-state index contributed by atoms with van der Waals surface area (Å²) < 4.78 is 17.0. The summed E-state index contributed by atoms with van der Waals surface area (Å²) in [6, 6.07) is 5.73. The number of nitrogens with one attached hydrogen (secondary N) is 1. The fourth-order valence-electron chi connectivity index (χ4n) is 3.90. The number of amides is 1. The second-order valence-corrected chi connectivity index (χ2v) is 9.23. The smallest absolute Gasteiger partial charge is 0.410 e. The van der Waals surface area contributed by atoms with Gasteiger partial charge in [-0.3, -0.25) is 0 Å². The van der Waals surface area contributed by atoms with Crippen LogP contribution in [0.15, 0.2) is 18.3 Å². The SMILES string of the molecule is CC(C)(C)OC(=O)N1CCC[C@H](Nc2cc3c(O[C@@H]4CCOC4)nc(C#N)cc3cn2)C1. The Hall–Kier alpha value is -3.12. The monoisotopic (exact) mass is 439 g/mol. The van der Waals surface area contributed by atoms with E-state index in [2.05, 4.69) is 21.4 Å². The van der Waals surface area contributed by atoms with Gasteiger partial charge in [-0.25, -0.2) is 14.8 Å². The summed E-state index contributed by atoms with van der Waals surface area (Å²) >= 11 is 0. The number of carbonyl (C=O) groups excluding carboxylic acids is 1. The molecule has 2 aromatic heterocycles. The number of aromatic nitrogens is 2. The number of hydrogen-bond acceptors (Lipinski definition) is 8. The van der Waals surface area contributed by atoms with Gasteiger partial charge in [0.1, 0.15) is 29.3 Å². The molecule has 9 nitrogen and oxygen atoms in total. The van der Waals surface area contributed by atoms with Crippen LogP contribution in [-0.4, -0.2) is 65.0 Å². The van der Waals surface area contributed by atoms with E-state index in [-0.39, 0.29) is 23.9 Å². The molecule has 2 aromatic rings. The van der Waals surface area contributed by atoms with E-state index < -0.39 is 5.60 Å². The molecule has 4 rings (SSSR count). The van der Waals surface area contributed by atoms with Crippen LogP contribution in [0, 0.1) is 11.3 Å². The number of pyridine rings is 2. The number of nitriles is 1. The van der Waals surface area contributed by atoms with Crippen molar-refractivity contribution < 1.29 is 19.0 Å². The molecule has 170 valence electrons. The van der Waals surface area contributed by atoms with Gasteiger partial charge in [-0.2, -0.15) is 5.26 Å². The second kappa shape index (κ2) is 9.17. The van der Waals surface area contributed by atoms with E-state index in [1.165, 1.54) is 0 Å². The van der Waals surface area contributed by atoms with E-state index in [4.69, 9.17) is 14.2 Å². The standard InChI is InChI=1S/C23H29N5O4/c1-23(2,3)32-22(29)28-7-4-5-16(13-28)26-20-10-19-15(12-25-20)9-17(11-24)27-21(19)31-18-6-8-30-14-18/h9-10,12,16,18H,4-8,13-14H2,1-3H3,(H,25,26)/t16-,18+/m0/s1. The second-order valence-electron chi connectivity index (χ2n) is 9.23.